The van der Waals surface area contributed by atoms with E-state index in [0.717, 1.165) is 0 Å². The Balaban J connectivity index is 1.71. The standard InChI is InChI=1S/C33H40O11/c1-16-13-33-29(42-21(6)37)17(2)14-32(33,44-33)28(38)18(3)26(41-20(5)36)23-24(31(23,7)15-34)27(25(16)40-19(4)35)43-30(39)22-11-9-8-10-12-22/h8-13,17-18,23-27,29,34H,14-15H2,1-7H3/b16-13+/t17-,18-,23-,24+,25+,26+,27+,29-,31-,32-,33-/m0/s1. The van der Waals surface area contributed by atoms with Gasteiger partial charge in [0.1, 0.15) is 18.3 Å². The number of aliphatic hydroxyl groups is 1. The highest BCUT2D eigenvalue weighted by atomic mass is 16.7. The summed E-state index contributed by atoms with van der Waals surface area (Å²) in [6.07, 6.45) is -2.30. The van der Waals surface area contributed by atoms with Crippen LogP contribution in [0.15, 0.2) is 42.0 Å². The first-order valence-corrected chi connectivity index (χ1v) is 15.0. The fraction of sp³-hybridized carbons (Fsp3) is 0.606. The van der Waals surface area contributed by atoms with Crippen LogP contribution in [0.25, 0.3) is 0 Å². The molecule has 5 rings (SSSR count). The lowest BCUT2D eigenvalue weighted by atomic mass is 9.80. The van der Waals surface area contributed by atoms with Crippen LogP contribution in [-0.2, 0) is 42.9 Å². The van der Waals surface area contributed by atoms with Gasteiger partial charge >= 0.3 is 23.9 Å². The molecule has 0 amide bonds. The largest absolute Gasteiger partial charge is 0.461 e. The molecule has 11 atom stereocenters. The molecule has 3 fully saturated rings. The Morgan fingerprint density at radius 1 is 0.909 bits per heavy atom. The normalized spacial score (nSPS) is 41.7. The second kappa shape index (κ2) is 11.1. The number of aliphatic hydroxyl groups excluding tert-OH is 1. The Kier molecular flexibility index (Phi) is 8.03. The average Bonchev–Trinajstić information content (AvgIpc) is 3.78. The molecule has 1 aromatic carbocycles. The van der Waals surface area contributed by atoms with Crippen LogP contribution >= 0.6 is 0 Å². The van der Waals surface area contributed by atoms with E-state index in [-0.39, 0.29) is 30.3 Å². The molecule has 0 aromatic heterocycles. The van der Waals surface area contributed by atoms with Crippen LogP contribution < -0.4 is 0 Å². The first-order valence-electron chi connectivity index (χ1n) is 15.0. The van der Waals surface area contributed by atoms with Crippen molar-refractivity contribution in [2.24, 2.45) is 29.1 Å². The van der Waals surface area contributed by atoms with Crippen molar-refractivity contribution in [3.63, 3.8) is 0 Å². The lowest BCUT2D eigenvalue weighted by molar-refractivity contribution is -0.155. The summed E-state index contributed by atoms with van der Waals surface area (Å²) in [7, 11) is 0. The maximum absolute atomic E-state index is 14.4. The van der Waals surface area contributed by atoms with Gasteiger partial charge in [-0.2, -0.15) is 0 Å². The third-order valence-electron chi connectivity index (χ3n) is 9.97. The first-order chi connectivity index (χ1) is 20.6. The number of fused-ring (bicyclic) bond motifs is 1. The van der Waals surface area contributed by atoms with Crippen molar-refractivity contribution in [1.82, 2.24) is 0 Å². The summed E-state index contributed by atoms with van der Waals surface area (Å²) in [5.74, 6) is -5.36. The number of hydrogen-bond acceptors (Lipinski definition) is 11. The second-order valence-electron chi connectivity index (χ2n) is 13.0. The molecule has 1 N–H and O–H groups in total. The van der Waals surface area contributed by atoms with E-state index in [4.69, 9.17) is 23.7 Å². The fourth-order valence-electron chi connectivity index (χ4n) is 8.00. The third-order valence-corrected chi connectivity index (χ3v) is 9.97. The van der Waals surface area contributed by atoms with Crippen molar-refractivity contribution >= 4 is 29.7 Å². The average molecular weight is 613 g/mol. The maximum Gasteiger partial charge on any atom is 0.338 e. The summed E-state index contributed by atoms with van der Waals surface area (Å²) < 4.78 is 29.9. The number of rotatable bonds is 6. The molecule has 2 saturated carbocycles. The zero-order valence-electron chi connectivity index (χ0n) is 26.0. The van der Waals surface area contributed by atoms with Crippen molar-refractivity contribution in [2.75, 3.05) is 6.61 Å². The van der Waals surface area contributed by atoms with Crippen LogP contribution in [0, 0.1) is 29.1 Å². The lowest BCUT2D eigenvalue weighted by Gasteiger charge is -2.30. The molecule has 0 radical (unpaired) electrons. The van der Waals surface area contributed by atoms with Crippen LogP contribution in [0.4, 0.5) is 0 Å². The number of esters is 4. The number of ether oxygens (including phenoxy) is 5. The van der Waals surface area contributed by atoms with E-state index in [9.17, 15) is 29.1 Å². The molecule has 1 saturated heterocycles. The molecule has 3 aliphatic carbocycles. The van der Waals surface area contributed by atoms with E-state index in [1.165, 1.54) is 20.8 Å². The molecule has 44 heavy (non-hydrogen) atoms. The van der Waals surface area contributed by atoms with E-state index in [1.54, 1.807) is 57.2 Å². The van der Waals surface area contributed by atoms with Crippen molar-refractivity contribution in [3.8, 4) is 0 Å². The Morgan fingerprint density at radius 2 is 1.50 bits per heavy atom. The van der Waals surface area contributed by atoms with Gasteiger partial charge in [0.2, 0.25) is 0 Å². The molecule has 1 aliphatic heterocycles. The topological polar surface area (TPSA) is 155 Å². The zero-order valence-corrected chi connectivity index (χ0v) is 26.0. The molecular formula is C33H40O11. The van der Waals surface area contributed by atoms with Crippen molar-refractivity contribution in [3.05, 3.63) is 47.5 Å². The fourth-order valence-corrected chi connectivity index (χ4v) is 8.00. The van der Waals surface area contributed by atoms with E-state index in [2.05, 4.69) is 0 Å². The monoisotopic (exact) mass is 612 g/mol. The maximum atomic E-state index is 14.4. The lowest BCUT2D eigenvalue weighted by Crippen LogP contribution is -2.43. The van der Waals surface area contributed by atoms with Gasteiger partial charge in [0.15, 0.2) is 23.1 Å². The molecule has 0 spiro atoms. The molecule has 238 valence electrons. The van der Waals surface area contributed by atoms with Gasteiger partial charge in [0.25, 0.3) is 0 Å². The highest BCUT2D eigenvalue weighted by Gasteiger charge is 2.84. The summed E-state index contributed by atoms with van der Waals surface area (Å²) in [6.45, 7) is 10.3. The Labute approximate surface area is 256 Å². The van der Waals surface area contributed by atoms with Gasteiger partial charge in [0, 0.05) is 44.6 Å². The van der Waals surface area contributed by atoms with Crippen LogP contribution in [0.1, 0.15) is 65.2 Å². The first kappa shape index (κ1) is 31.8. The van der Waals surface area contributed by atoms with Crippen molar-refractivity contribution < 1.29 is 52.8 Å². The number of benzene rings is 1. The number of hydrogen-bond donors (Lipinski definition) is 1. The molecule has 0 unspecified atom stereocenters. The van der Waals surface area contributed by atoms with Crippen LogP contribution in [0.5, 0.6) is 0 Å². The van der Waals surface area contributed by atoms with Crippen molar-refractivity contribution in [1.29, 1.82) is 0 Å². The highest BCUT2D eigenvalue weighted by molar-refractivity contribution is 5.96. The summed E-state index contributed by atoms with van der Waals surface area (Å²) >= 11 is 0. The Bertz CT molecular complexity index is 1400. The van der Waals surface area contributed by atoms with Crippen molar-refractivity contribution in [2.45, 2.75) is 90.5 Å². The van der Waals surface area contributed by atoms with Gasteiger partial charge in [0.05, 0.1) is 11.5 Å². The van der Waals surface area contributed by atoms with E-state index in [0.29, 0.717) is 5.57 Å². The molecule has 11 heteroatoms. The summed E-state index contributed by atoms with van der Waals surface area (Å²) in [5, 5.41) is 10.7. The second-order valence-corrected chi connectivity index (χ2v) is 13.0. The minimum Gasteiger partial charge on any atom is -0.461 e. The van der Waals surface area contributed by atoms with E-state index >= 15 is 0 Å². The molecule has 1 heterocycles. The highest BCUT2D eigenvalue weighted by Crippen LogP contribution is 2.69. The summed E-state index contributed by atoms with van der Waals surface area (Å²) in [4.78, 5) is 65.1. The van der Waals surface area contributed by atoms with Gasteiger partial charge in [-0.3, -0.25) is 19.2 Å². The van der Waals surface area contributed by atoms with Gasteiger partial charge in [-0.05, 0) is 43.0 Å². The van der Waals surface area contributed by atoms with Gasteiger partial charge in [-0.15, -0.1) is 0 Å². The summed E-state index contributed by atoms with van der Waals surface area (Å²) in [5.41, 5.74) is -3.08. The minimum atomic E-state index is -1.40. The zero-order chi connectivity index (χ0) is 32.4. The number of carbonyl (C=O) groups excluding carboxylic acids is 5. The third kappa shape index (κ3) is 4.94. The number of carbonyl (C=O) groups is 5. The molecule has 11 nitrogen and oxygen atoms in total. The Morgan fingerprint density at radius 3 is 2.07 bits per heavy atom. The predicted octanol–water partition coefficient (Wildman–Crippen LogP) is 2.96. The number of Topliss-reactive ketones (excluding diaryl/α,β-unsaturated/α-hetero) is 1. The smallest absolute Gasteiger partial charge is 0.338 e. The molecule has 0 bridgehead atoms. The van der Waals surface area contributed by atoms with Crippen LogP contribution in [0.3, 0.4) is 0 Å². The number of epoxide rings is 1. The van der Waals surface area contributed by atoms with Crippen LogP contribution in [0.2, 0.25) is 0 Å². The predicted molar refractivity (Wildman–Crippen MR) is 153 cm³/mol. The number of ketones is 1. The van der Waals surface area contributed by atoms with E-state index < -0.39 is 82.7 Å². The minimum absolute atomic E-state index is 0.237. The van der Waals surface area contributed by atoms with E-state index in [1.807, 2.05) is 6.92 Å². The summed E-state index contributed by atoms with van der Waals surface area (Å²) in [6, 6.07) is 8.30. The van der Waals surface area contributed by atoms with Gasteiger partial charge in [-0.25, -0.2) is 4.79 Å². The van der Waals surface area contributed by atoms with Gasteiger partial charge < -0.3 is 28.8 Å². The quantitative estimate of drug-likeness (QED) is 0.218. The molecule has 1 aromatic rings. The Hall–Kier alpha value is -3.57. The molecular weight excluding hydrogens is 572 g/mol. The SMILES string of the molecule is CC(=O)O[C@H]1[C@@H]2[C@H]([C@@H](OC(=O)c3ccccc3)[C@H](OC(C)=O)/C(C)=C/[C@@]34O[C@@]3(C[C@H](C)[C@@H]4OC(C)=O)C(=O)[C@H]1C)[C@@]2(C)CO. The molecule has 4 aliphatic rings. The van der Waals surface area contributed by atoms with Crippen LogP contribution in [-0.4, -0.2) is 77.0 Å². The van der Waals surface area contributed by atoms with Gasteiger partial charge in [-0.1, -0.05) is 39.0 Å².